The highest BCUT2D eigenvalue weighted by atomic mass is 35.5. The van der Waals surface area contributed by atoms with E-state index in [-0.39, 0.29) is 12.4 Å². The third kappa shape index (κ3) is 2.90. The molecule has 0 fully saturated rings. The van der Waals surface area contributed by atoms with Gasteiger partial charge in [-0.15, -0.1) is 12.4 Å². The van der Waals surface area contributed by atoms with Crippen LogP contribution < -0.4 is 5.73 Å². The second kappa shape index (κ2) is 5.24. The summed E-state index contributed by atoms with van der Waals surface area (Å²) in [4.78, 5) is 0. The Morgan fingerprint density at radius 2 is 1.79 bits per heavy atom. The number of hydrogen-bond acceptors (Lipinski definition) is 2. The lowest BCUT2D eigenvalue weighted by Gasteiger charge is -2.21. The van der Waals surface area contributed by atoms with Crippen LogP contribution in [0.3, 0.4) is 0 Å². The molecule has 1 aromatic carbocycles. The van der Waals surface area contributed by atoms with Crippen molar-refractivity contribution in [3.8, 4) is 0 Å². The van der Waals surface area contributed by atoms with Crippen molar-refractivity contribution < 1.29 is 13.9 Å². The van der Waals surface area contributed by atoms with Crippen molar-refractivity contribution in [3.05, 3.63) is 35.9 Å². The van der Waals surface area contributed by atoms with Gasteiger partial charge in [0, 0.05) is 0 Å². The fraction of sp³-hybridized carbons (Fsp3) is 0.333. The predicted molar refractivity (Wildman–Crippen MR) is 52.7 cm³/mol. The topological polar surface area (TPSA) is 46.2 Å². The Balaban J connectivity index is 0.00000169. The van der Waals surface area contributed by atoms with E-state index in [4.69, 9.17) is 10.8 Å². The molecule has 0 aliphatic rings. The van der Waals surface area contributed by atoms with Crippen LogP contribution in [-0.2, 0) is 0 Å². The van der Waals surface area contributed by atoms with Crippen molar-refractivity contribution in [2.45, 2.75) is 12.0 Å². The van der Waals surface area contributed by atoms with Gasteiger partial charge in [0.25, 0.3) is 5.92 Å². The number of aliphatic hydroxyl groups is 1. The number of nitrogens with two attached hydrogens (primary N) is 1. The van der Waals surface area contributed by atoms with Crippen LogP contribution in [0, 0.1) is 0 Å². The molecule has 0 heterocycles. The minimum Gasteiger partial charge on any atom is -0.390 e. The Morgan fingerprint density at radius 1 is 1.29 bits per heavy atom. The third-order valence-electron chi connectivity index (χ3n) is 1.82. The van der Waals surface area contributed by atoms with Crippen LogP contribution in [0.25, 0.3) is 0 Å². The molecule has 5 heteroatoms. The largest absolute Gasteiger partial charge is 0.390 e. The maximum absolute atomic E-state index is 12.9. The van der Waals surface area contributed by atoms with Gasteiger partial charge < -0.3 is 10.8 Å². The van der Waals surface area contributed by atoms with Crippen molar-refractivity contribution in [1.29, 1.82) is 0 Å². The summed E-state index contributed by atoms with van der Waals surface area (Å²) in [6.07, 6.45) is 0. The molecule has 0 unspecified atom stereocenters. The van der Waals surface area contributed by atoms with Crippen molar-refractivity contribution in [2.24, 2.45) is 5.73 Å². The van der Waals surface area contributed by atoms with Gasteiger partial charge in [-0.2, -0.15) is 0 Å². The summed E-state index contributed by atoms with van der Waals surface area (Å²) in [5.41, 5.74) is 5.59. The first-order valence-corrected chi connectivity index (χ1v) is 3.87. The number of alkyl halides is 2. The molecule has 1 atom stereocenters. The smallest absolute Gasteiger partial charge is 0.289 e. The minimum absolute atomic E-state index is 0. The van der Waals surface area contributed by atoms with Crippen molar-refractivity contribution in [2.75, 3.05) is 6.61 Å². The molecule has 0 radical (unpaired) electrons. The molecule has 0 aromatic heterocycles. The van der Waals surface area contributed by atoms with Crippen molar-refractivity contribution in [3.63, 3.8) is 0 Å². The van der Waals surface area contributed by atoms with Crippen LogP contribution in [0.5, 0.6) is 0 Å². The molecule has 80 valence electrons. The summed E-state index contributed by atoms with van der Waals surface area (Å²) >= 11 is 0. The average molecular weight is 224 g/mol. The maximum Gasteiger partial charge on any atom is 0.289 e. The van der Waals surface area contributed by atoms with Gasteiger partial charge in [-0.05, 0) is 5.56 Å². The van der Waals surface area contributed by atoms with Crippen molar-refractivity contribution in [1.82, 2.24) is 0 Å². The van der Waals surface area contributed by atoms with E-state index in [0.717, 1.165) is 0 Å². The molecule has 0 saturated carbocycles. The van der Waals surface area contributed by atoms with Gasteiger partial charge in [0.05, 0.1) is 6.04 Å². The molecule has 2 nitrogen and oxygen atoms in total. The Labute approximate surface area is 87.1 Å². The number of aliphatic hydroxyl groups excluding tert-OH is 1. The Kier molecular flexibility index (Phi) is 4.97. The maximum atomic E-state index is 12.9. The Morgan fingerprint density at radius 3 is 2.21 bits per heavy atom. The quantitative estimate of drug-likeness (QED) is 0.820. The monoisotopic (exact) mass is 223 g/mol. The standard InChI is InChI=1S/C9H11F2NO.ClH/c10-9(11,6-13)8(12)7-4-2-1-3-5-7;/h1-5,8,13H,6,12H2;1H/t8-;/m1./s1. The van der Waals surface area contributed by atoms with Crippen LogP contribution in [0.2, 0.25) is 0 Å². The summed E-state index contributed by atoms with van der Waals surface area (Å²) in [5, 5.41) is 8.40. The zero-order valence-electron chi connectivity index (χ0n) is 7.36. The summed E-state index contributed by atoms with van der Waals surface area (Å²) in [5.74, 6) is -3.26. The molecule has 0 spiro atoms. The van der Waals surface area contributed by atoms with E-state index >= 15 is 0 Å². The van der Waals surface area contributed by atoms with Gasteiger partial charge in [-0.1, -0.05) is 30.3 Å². The SMILES string of the molecule is Cl.N[C@H](c1ccccc1)C(F)(F)CO. The lowest BCUT2D eigenvalue weighted by Crippen LogP contribution is -2.36. The summed E-state index contributed by atoms with van der Waals surface area (Å²) in [7, 11) is 0. The van der Waals surface area contributed by atoms with Gasteiger partial charge in [0.2, 0.25) is 0 Å². The van der Waals surface area contributed by atoms with Crippen LogP contribution in [0.1, 0.15) is 11.6 Å². The molecule has 14 heavy (non-hydrogen) atoms. The van der Waals surface area contributed by atoms with Gasteiger partial charge in [-0.25, -0.2) is 8.78 Å². The molecule has 1 aromatic rings. The van der Waals surface area contributed by atoms with E-state index in [9.17, 15) is 8.78 Å². The second-order valence-corrected chi connectivity index (χ2v) is 2.81. The van der Waals surface area contributed by atoms with Gasteiger partial charge in [0.15, 0.2) is 0 Å². The van der Waals surface area contributed by atoms with Crippen molar-refractivity contribution >= 4 is 12.4 Å². The Hall–Kier alpha value is -0.710. The zero-order valence-corrected chi connectivity index (χ0v) is 8.18. The van der Waals surface area contributed by atoms with E-state index in [1.165, 1.54) is 12.1 Å². The van der Waals surface area contributed by atoms with Crippen LogP contribution in [0.15, 0.2) is 30.3 Å². The molecule has 0 amide bonds. The highest BCUT2D eigenvalue weighted by molar-refractivity contribution is 5.85. The number of halogens is 3. The first-order valence-electron chi connectivity index (χ1n) is 3.87. The molecular weight excluding hydrogens is 212 g/mol. The van der Waals surface area contributed by atoms with Crippen LogP contribution in [-0.4, -0.2) is 17.6 Å². The van der Waals surface area contributed by atoms with E-state index in [1.54, 1.807) is 18.2 Å². The lowest BCUT2D eigenvalue weighted by atomic mass is 10.0. The second-order valence-electron chi connectivity index (χ2n) is 2.81. The lowest BCUT2D eigenvalue weighted by molar-refractivity contribution is -0.0711. The number of rotatable bonds is 3. The molecule has 0 saturated heterocycles. The average Bonchev–Trinajstić information content (AvgIpc) is 2.18. The molecule has 0 aliphatic heterocycles. The van der Waals surface area contributed by atoms with E-state index < -0.39 is 18.6 Å². The highest BCUT2D eigenvalue weighted by Gasteiger charge is 2.36. The molecular formula is C9H12ClF2NO. The fourth-order valence-electron chi connectivity index (χ4n) is 1.00. The molecule has 1 rings (SSSR count). The van der Waals surface area contributed by atoms with E-state index in [2.05, 4.69) is 0 Å². The van der Waals surface area contributed by atoms with Gasteiger partial charge in [0.1, 0.15) is 6.61 Å². The Bertz CT molecular complexity index is 269. The molecule has 3 N–H and O–H groups in total. The van der Waals surface area contributed by atoms with Crippen LogP contribution >= 0.6 is 12.4 Å². The summed E-state index contributed by atoms with van der Waals surface area (Å²) in [6, 6.07) is 6.54. The zero-order chi connectivity index (χ0) is 9.90. The van der Waals surface area contributed by atoms with Gasteiger partial charge in [-0.3, -0.25) is 0 Å². The fourth-order valence-corrected chi connectivity index (χ4v) is 1.00. The summed E-state index contributed by atoms with van der Waals surface area (Å²) in [6.45, 7) is -1.23. The predicted octanol–water partition coefficient (Wildman–Crippen LogP) is 1.74. The highest BCUT2D eigenvalue weighted by Crippen LogP contribution is 2.28. The first kappa shape index (κ1) is 13.3. The first-order chi connectivity index (χ1) is 6.08. The normalized spacial score (nSPS) is 13.1. The third-order valence-corrected chi connectivity index (χ3v) is 1.82. The number of hydrogen-bond donors (Lipinski definition) is 2. The minimum atomic E-state index is -3.26. The van der Waals surface area contributed by atoms with Crippen LogP contribution in [0.4, 0.5) is 8.78 Å². The van der Waals surface area contributed by atoms with E-state index in [1.807, 2.05) is 0 Å². The molecule has 0 bridgehead atoms. The summed E-state index contributed by atoms with van der Waals surface area (Å²) < 4.78 is 25.7. The number of benzene rings is 1. The van der Waals surface area contributed by atoms with E-state index in [0.29, 0.717) is 5.56 Å². The van der Waals surface area contributed by atoms with Gasteiger partial charge >= 0.3 is 0 Å². The molecule has 0 aliphatic carbocycles.